The molecule has 0 radical (unpaired) electrons. The number of aliphatic hydroxyl groups excluding tert-OH is 1. The molecular formula is C10H16O2. The Morgan fingerprint density at radius 3 is 2.50 bits per heavy atom. The zero-order valence-electron chi connectivity index (χ0n) is 7.87. The zero-order chi connectivity index (χ0) is 9.14. The van der Waals surface area contributed by atoms with Crippen molar-refractivity contribution in [1.82, 2.24) is 0 Å². The van der Waals surface area contributed by atoms with Gasteiger partial charge in [0.15, 0.2) is 0 Å². The van der Waals surface area contributed by atoms with Gasteiger partial charge in [-0.05, 0) is 31.4 Å². The van der Waals surface area contributed by atoms with Gasteiger partial charge in [0.25, 0.3) is 0 Å². The molecule has 0 amide bonds. The second-order valence-corrected chi connectivity index (χ2v) is 3.59. The first-order chi connectivity index (χ1) is 5.59. The van der Waals surface area contributed by atoms with E-state index >= 15 is 0 Å². The number of hydrogen-bond acceptors (Lipinski definition) is 2. The van der Waals surface area contributed by atoms with E-state index in [-0.39, 0.29) is 0 Å². The van der Waals surface area contributed by atoms with Gasteiger partial charge in [-0.3, -0.25) is 0 Å². The number of rotatable bonds is 3. The van der Waals surface area contributed by atoms with Gasteiger partial charge in [0.05, 0.1) is 0 Å². The van der Waals surface area contributed by atoms with Gasteiger partial charge in [0, 0.05) is 0 Å². The summed E-state index contributed by atoms with van der Waals surface area (Å²) in [6.07, 6.45) is 0.311. The highest BCUT2D eigenvalue weighted by Gasteiger charge is 2.12. The van der Waals surface area contributed by atoms with Crippen molar-refractivity contribution in [3.8, 4) is 0 Å². The van der Waals surface area contributed by atoms with E-state index in [1.165, 1.54) is 0 Å². The third-order valence-electron chi connectivity index (χ3n) is 1.78. The van der Waals surface area contributed by atoms with Gasteiger partial charge < -0.3 is 9.52 Å². The molecule has 0 saturated carbocycles. The Hall–Kier alpha value is -0.760. The molecule has 0 bridgehead atoms. The van der Waals surface area contributed by atoms with Crippen LogP contribution in [0.25, 0.3) is 0 Å². The number of furan rings is 1. The highest BCUT2D eigenvalue weighted by atomic mass is 16.4. The molecule has 0 aromatic carbocycles. The lowest BCUT2D eigenvalue weighted by Crippen LogP contribution is -2.00. The van der Waals surface area contributed by atoms with Crippen LogP contribution in [0, 0.1) is 12.8 Å². The molecule has 1 aromatic heterocycles. The van der Waals surface area contributed by atoms with E-state index in [4.69, 9.17) is 4.42 Å². The van der Waals surface area contributed by atoms with Crippen molar-refractivity contribution in [3.63, 3.8) is 0 Å². The van der Waals surface area contributed by atoms with E-state index in [2.05, 4.69) is 13.8 Å². The molecule has 1 aromatic rings. The summed E-state index contributed by atoms with van der Waals surface area (Å²) >= 11 is 0. The first kappa shape index (κ1) is 9.33. The average Bonchev–Trinajstić information content (AvgIpc) is 2.34. The summed E-state index contributed by atoms with van der Waals surface area (Å²) in [6.45, 7) is 6.05. The fourth-order valence-electron chi connectivity index (χ4n) is 1.20. The summed E-state index contributed by atoms with van der Waals surface area (Å²) in [6, 6.07) is 3.71. The van der Waals surface area contributed by atoms with Crippen LogP contribution in [0.5, 0.6) is 0 Å². The molecule has 1 atom stereocenters. The minimum absolute atomic E-state index is 0.446. The van der Waals surface area contributed by atoms with Crippen LogP contribution in [-0.2, 0) is 0 Å². The fraction of sp³-hybridized carbons (Fsp3) is 0.600. The summed E-state index contributed by atoms with van der Waals surface area (Å²) in [5.41, 5.74) is 0. The SMILES string of the molecule is Cc1ccc(C(O)CC(C)C)o1. The van der Waals surface area contributed by atoms with Crippen LogP contribution in [0.4, 0.5) is 0 Å². The normalized spacial score (nSPS) is 13.8. The largest absolute Gasteiger partial charge is 0.464 e. The van der Waals surface area contributed by atoms with Crippen LogP contribution in [0.3, 0.4) is 0 Å². The van der Waals surface area contributed by atoms with E-state index in [1.54, 1.807) is 0 Å². The second-order valence-electron chi connectivity index (χ2n) is 3.59. The summed E-state index contributed by atoms with van der Waals surface area (Å²) in [5.74, 6) is 2.03. The standard InChI is InChI=1S/C10H16O2/c1-7(2)6-9(11)10-5-4-8(3)12-10/h4-5,7,9,11H,6H2,1-3H3. The number of aryl methyl sites for hydroxylation is 1. The Balaban J connectivity index is 2.58. The highest BCUT2D eigenvalue weighted by molar-refractivity contribution is 5.07. The Kier molecular flexibility index (Phi) is 2.93. The molecule has 0 aliphatic rings. The Labute approximate surface area is 73.2 Å². The maximum absolute atomic E-state index is 9.61. The number of hydrogen-bond donors (Lipinski definition) is 1. The molecule has 0 spiro atoms. The van der Waals surface area contributed by atoms with Crippen LogP contribution < -0.4 is 0 Å². The van der Waals surface area contributed by atoms with Crippen LogP contribution in [0.2, 0.25) is 0 Å². The van der Waals surface area contributed by atoms with Crippen molar-refractivity contribution in [2.24, 2.45) is 5.92 Å². The molecule has 0 aliphatic heterocycles. The Morgan fingerprint density at radius 1 is 1.42 bits per heavy atom. The summed E-state index contributed by atoms with van der Waals surface area (Å²) in [7, 11) is 0. The van der Waals surface area contributed by atoms with Crippen molar-refractivity contribution in [2.75, 3.05) is 0 Å². The van der Waals surface area contributed by atoms with E-state index in [9.17, 15) is 5.11 Å². The van der Waals surface area contributed by atoms with Crippen molar-refractivity contribution in [3.05, 3.63) is 23.7 Å². The van der Waals surface area contributed by atoms with Crippen molar-refractivity contribution < 1.29 is 9.52 Å². The topological polar surface area (TPSA) is 33.4 Å². The molecule has 1 rings (SSSR count). The third kappa shape index (κ3) is 2.38. The lowest BCUT2D eigenvalue weighted by molar-refractivity contribution is 0.124. The van der Waals surface area contributed by atoms with Crippen molar-refractivity contribution >= 4 is 0 Å². The van der Waals surface area contributed by atoms with Gasteiger partial charge in [-0.15, -0.1) is 0 Å². The third-order valence-corrected chi connectivity index (χ3v) is 1.78. The quantitative estimate of drug-likeness (QED) is 0.752. The molecule has 68 valence electrons. The van der Waals surface area contributed by atoms with Gasteiger partial charge in [0.2, 0.25) is 0 Å². The van der Waals surface area contributed by atoms with Crippen molar-refractivity contribution in [2.45, 2.75) is 33.3 Å². The maximum atomic E-state index is 9.61. The van der Waals surface area contributed by atoms with E-state index in [0.717, 1.165) is 12.2 Å². The molecule has 1 heterocycles. The van der Waals surface area contributed by atoms with Crippen LogP contribution in [0.15, 0.2) is 16.5 Å². The van der Waals surface area contributed by atoms with E-state index < -0.39 is 6.10 Å². The highest BCUT2D eigenvalue weighted by Crippen LogP contribution is 2.22. The molecule has 1 unspecified atom stereocenters. The number of aliphatic hydroxyl groups is 1. The zero-order valence-corrected chi connectivity index (χ0v) is 7.87. The molecule has 1 N–H and O–H groups in total. The summed E-state index contributed by atoms with van der Waals surface area (Å²) in [5, 5.41) is 9.61. The monoisotopic (exact) mass is 168 g/mol. The fourth-order valence-corrected chi connectivity index (χ4v) is 1.20. The minimum Gasteiger partial charge on any atom is -0.464 e. The predicted octanol–water partition coefficient (Wildman–Crippen LogP) is 2.67. The van der Waals surface area contributed by atoms with Crippen LogP contribution in [0.1, 0.15) is 37.9 Å². The van der Waals surface area contributed by atoms with Gasteiger partial charge >= 0.3 is 0 Å². The molecular weight excluding hydrogens is 152 g/mol. The molecule has 0 fully saturated rings. The minimum atomic E-state index is -0.446. The summed E-state index contributed by atoms with van der Waals surface area (Å²) < 4.78 is 5.30. The molecule has 2 heteroatoms. The Morgan fingerprint density at radius 2 is 2.08 bits per heavy atom. The van der Waals surface area contributed by atoms with Gasteiger partial charge in [-0.25, -0.2) is 0 Å². The first-order valence-electron chi connectivity index (χ1n) is 4.34. The lowest BCUT2D eigenvalue weighted by atomic mass is 10.0. The van der Waals surface area contributed by atoms with Crippen molar-refractivity contribution in [1.29, 1.82) is 0 Å². The first-order valence-corrected chi connectivity index (χ1v) is 4.34. The van der Waals surface area contributed by atoms with Gasteiger partial charge in [-0.2, -0.15) is 0 Å². The second kappa shape index (κ2) is 3.76. The molecule has 0 aliphatic carbocycles. The molecule has 12 heavy (non-hydrogen) atoms. The van der Waals surface area contributed by atoms with Crippen LogP contribution >= 0.6 is 0 Å². The van der Waals surface area contributed by atoms with Gasteiger partial charge in [-0.1, -0.05) is 13.8 Å². The Bertz CT molecular complexity index is 238. The lowest BCUT2D eigenvalue weighted by Gasteiger charge is -2.09. The summed E-state index contributed by atoms with van der Waals surface area (Å²) in [4.78, 5) is 0. The van der Waals surface area contributed by atoms with Crippen LogP contribution in [-0.4, -0.2) is 5.11 Å². The molecule has 2 nitrogen and oxygen atoms in total. The molecule has 0 saturated heterocycles. The van der Waals surface area contributed by atoms with Gasteiger partial charge in [0.1, 0.15) is 17.6 Å². The van der Waals surface area contributed by atoms with E-state index in [0.29, 0.717) is 11.7 Å². The maximum Gasteiger partial charge on any atom is 0.132 e. The smallest absolute Gasteiger partial charge is 0.132 e. The predicted molar refractivity (Wildman–Crippen MR) is 47.9 cm³/mol. The average molecular weight is 168 g/mol. The van der Waals surface area contributed by atoms with E-state index in [1.807, 2.05) is 19.1 Å².